The van der Waals surface area contributed by atoms with Crippen molar-refractivity contribution in [2.75, 3.05) is 19.8 Å². The zero-order valence-corrected chi connectivity index (χ0v) is 9.70. The third kappa shape index (κ3) is 4.14. The Morgan fingerprint density at radius 3 is 2.94 bits per heavy atom. The zero-order valence-electron chi connectivity index (χ0n) is 9.70. The lowest BCUT2D eigenvalue weighted by Crippen LogP contribution is -2.38. The van der Waals surface area contributed by atoms with E-state index in [0.717, 1.165) is 12.5 Å². The standard InChI is InChI=1S/C11H17N3O3/c15-10-4-3-9(13-14-10)11(16)12-5-6-17-7-8-1-2-8/h8H,1-7H2,(H,12,16)(H,14,15). The van der Waals surface area contributed by atoms with Gasteiger partial charge in [0.15, 0.2) is 0 Å². The van der Waals surface area contributed by atoms with Crippen molar-refractivity contribution >= 4 is 17.5 Å². The minimum Gasteiger partial charge on any atom is -0.379 e. The Balaban J connectivity index is 1.58. The summed E-state index contributed by atoms with van der Waals surface area (Å²) in [7, 11) is 0. The van der Waals surface area contributed by atoms with Crippen LogP contribution in [-0.4, -0.2) is 37.3 Å². The fraction of sp³-hybridized carbons (Fsp3) is 0.727. The Hall–Kier alpha value is -1.43. The van der Waals surface area contributed by atoms with Gasteiger partial charge in [-0.25, -0.2) is 5.43 Å². The van der Waals surface area contributed by atoms with E-state index >= 15 is 0 Å². The zero-order chi connectivity index (χ0) is 12.1. The molecule has 2 N–H and O–H groups in total. The van der Waals surface area contributed by atoms with Gasteiger partial charge in [-0.2, -0.15) is 5.10 Å². The van der Waals surface area contributed by atoms with Gasteiger partial charge in [-0.3, -0.25) is 9.59 Å². The maximum Gasteiger partial charge on any atom is 0.267 e. The first-order valence-corrected chi connectivity index (χ1v) is 5.97. The summed E-state index contributed by atoms with van der Waals surface area (Å²) in [5.74, 6) is 0.373. The number of nitrogens with one attached hydrogen (secondary N) is 2. The molecule has 0 aromatic carbocycles. The molecule has 94 valence electrons. The molecule has 2 rings (SSSR count). The quantitative estimate of drug-likeness (QED) is 0.630. The largest absolute Gasteiger partial charge is 0.379 e. The molecule has 2 aliphatic rings. The highest BCUT2D eigenvalue weighted by Crippen LogP contribution is 2.28. The summed E-state index contributed by atoms with van der Waals surface area (Å²) in [5, 5.41) is 6.43. The van der Waals surface area contributed by atoms with Crippen LogP contribution in [0.4, 0.5) is 0 Å². The number of nitrogens with zero attached hydrogens (tertiary/aromatic N) is 1. The molecule has 6 nitrogen and oxygen atoms in total. The Morgan fingerprint density at radius 1 is 1.47 bits per heavy atom. The van der Waals surface area contributed by atoms with Crippen molar-refractivity contribution in [2.45, 2.75) is 25.7 Å². The molecule has 6 heteroatoms. The van der Waals surface area contributed by atoms with Gasteiger partial charge in [0.2, 0.25) is 5.91 Å². The van der Waals surface area contributed by atoms with Gasteiger partial charge in [-0.1, -0.05) is 0 Å². The van der Waals surface area contributed by atoms with Crippen molar-refractivity contribution in [3.8, 4) is 0 Å². The summed E-state index contributed by atoms with van der Waals surface area (Å²) in [6, 6.07) is 0. The number of carbonyl (C=O) groups excluding carboxylic acids is 2. The molecular formula is C11H17N3O3. The van der Waals surface area contributed by atoms with Crippen LogP contribution in [0.1, 0.15) is 25.7 Å². The van der Waals surface area contributed by atoms with Crippen LogP contribution in [0.15, 0.2) is 5.10 Å². The van der Waals surface area contributed by atoms with E-state index in [-0.39, 0.29) is 11.8 Å². The number of hydrogen-bond acceptors (Lipinski definition) is 4. The molecular weight excluding hydrogens is 222 g/mol. The van der Waals surface area contributed by atoms with Crippen molar-refractivity contribution in [3.63, 3.8) is 0 Å². The number of ether oxygens (including phenoxy) is 1. The number of hydrazone groups is 1. The molecule has 1 heterocycles. The number of rotatable bonds is 6. The van der Waals surface area contributed by atoms with E-state index in [1.54, 1.807) is 0 Å². The molecule has 0 aromatic heterocycles. The minimum absolute atomic E-state index is 0.144. The van der Waals surface area contributed by atoms with Crippen LogP contribution in [0, 0.1) is 5.92 Å². The van der Waals surface area contributed by atoms with Crippen molar-refractivity contribution < 1.29 is 14.3 Å². The molecule has 0 bridgehead atoms. The van der Waals surface area contributed by atoms with Gasteiger partial charge in [0.25, 0.3) is 5.91 Å². The predicted molar refractivity (Wildman–Crippen MR) is 61.4 cm³/mol. The summed E-state index contributed by atoms with van der Waals surface area (Å²) < 4.78 is 5.39. The molecule has 0 spiro atoms. The summed E-state index contributed by atoms with van der Waals surface area (Å²) in [5.41, 5.74) is 2.68. The molecule has 1 aliphatic carbocycles. The van der Waals surface area contributed by atoms with E-state index in [1.165, 1.54) is 12.8 Å². The molecule has 0 saturated heterocycles. The first kappa shape index (κ1) is 12.0. The molecule has 1 aliphatic heterocycles. The van der Waals surface area contributed by atoms with E-state index in [4.69, 9.17) is 4.74 Å². The first-order chi connectivity index (χ1) is 8.25. The van der Waals surface area contributed by atoms with E-state index in [1.807, 2.05) is 0 Å². The van der Waals surface area contributed by atoms with Crippen LogP contribution < -0.4 is 10.7 Å². The minimum atomic E-state index is -0.222. The lowest BCUT2D eigenvalue weighted by atomic mass is 10.1. The lowest BCUT2D eigenvalue weighted by molar-refractivity contribution is -0.121. The Bertz CT molecular complexity index is 337. The van der Waals surface area contributed by atoms with E-state index in [0.29, 0.717) is 31.7 Å². The van der Waals surface area contributed by atoms with Crippen molar-refractivity contribution in [1.82, 2.24) is 10.7 Å². The van der Waals surface area contributed by atoms with Crippen molar-refractivity contribution in [1.29, 1.82) is 0 Å². The fourth-order valence-corrected chi connectivity index (χ4v) is 1.51. The van der Waals surface area contributed by atoms with Crippen LogP contribution in [-0.2, 0) is 14.3 Å². The van der Waals surface area contributed by atoms with Gasteiger partial charge in [0.1, 0.15) is 5.71 Å². The Kier molecular flexibility index (Phi) is 4.08. The molecule has 0 aromatic rings. The highest BCUT2D eigenvalue weighted by atomic mass is 16.5. The molecule has 17 heavy (non-hydrogen) atoms. The van der Waals surface area contributed by atoms with Crippen LogP contribution in [0.2, 0.25) is 0 Å². The molecule has 1 saturated carbocycles. The normalized spacial score (nSPS) is 19.5. The van der Waals surface area contributed by atoms with Gasteiger partial charge in [-0.05, 0) is 18.8 Å². The maximum absolute atomic E-state index is 11.6. The van der Waals surface area contributed by atoms with Crippen LogP contribution in [0.25, 0.3) is 0 Å². The van der Waals surface area contributed by atoms with Crippen LogP contribution in [0.3, 0.4) is 0 Å². The maximum atomic E-state index is 11.6. The number of hydrogen-bond donors (Lipinski definition) is 2. The average molecular weight is 239 g/mol. The highest BCUT2D eigenvalue weighted by molar-refractivity contribution is 6.39. The van der Waals surface area contributed by atoms with Crippen LogP contribution in [0.5, 0.6) is 0 Å². The Morgan fingerprint density at radius 2 is 2.29 bits per heavy atom. The second-order valence-corrected chi connectivity index (χ2v) is 4.37. The van der Waals surface area contributed by atoms with Crippen molar-refractivity contribution in [3.05, 3.63) is 0 Å². The van der Waals surface area contributed by atoms with E-state index in [9.17, 15) is 9.59 Å². The van der Waals surface area contributed by atoms with E-state index < -0.39 is 0 Å². The van der Waals surface area contributed by atoms with E-state index in [2.05, 4.69) is 15.8 Å². The van der Waals surface area contributed by atoms with Gasteiger partial charge >= 0.3 is 0 Å². The predicted octanol–water partition coefficient (Wildman–Crippen LogP) is -0.205. The summed E-state index contributed by atoms with van der Waals surface area (Å²) in [6.07, 6.45) is 3.26. The third-order valence-electron chi connectivity index (χ3n) is 2.75. The molecule has 0 radical (unpaired) electrons. The summed E-state index contributed by atoms with van der Waals surface area (Å²) in [4.78, 5) is 22.4. The second-order valence-electron chi connectivity index (χ2n) is 4.37. The second kappa shape index (κ2) is 5.77. The molecule has 0 atom stereocenters. The van der Waals surface area contributed by atoms with Crippen LogP contribution >= 0.6 is 0 Å². The Labute approximate surface area is 99.8 Å². The summed E-state index contributed by atoms with van der Waals surface area (Å²) in [6.45, 7) is 1.81. The van der Waals surface area contributed by atoms with Gasteiger partial charge in [-0.15, -0.1) is 0 Å². The first-order valence-electron chi connectivity index (χ1n) is 5.97. The monoisotopic (exact) mass is 239 g/mol. The van der Waals surface area contributed by atoms with Gasteiger partial charge < -0.3 is 10.1 Å². The SMILES string of the molecule is O=C1CCC(C(=O)NCCOCC2CC2)=NN1. The van der Waals surface area contributed by atoms with Gasteiger partial charge in [0, 0.05) is 26.0 Å². The highest BCUT2D eigenvalue weighted by Gasteiger charge is 2.21. The topological polar surface area (TPSA) is 79.8 Å². The molecule has 0 unspecified atom stereocenters. The molecule has 1 fully saturated rings. The van der Waals surface area contributed by atoms with Gasteiger partial charge in [0.05, 0.1) is 6.61 Å². The fourth-order valence-electron chi connectivity index (χ4n) is 1.51. The lowest BCUT2D eigenvalue weighted by Gasteiger charge is -2.11. The average Bonchev–Trinajstić information content (AvgIpc) is 3.13. The smallest absolute Gasteiger partial charge is 0.267 e. The third-order valence-corrected chi connectivity index (χ3v) is 2.75. The van der Waals surface area contributed by atoms with Crippen molar-refractivity contribution in [2.24, 2.45) is 11.0 Å². The molecule has 2 amide bonds. The number of carbonyl (C=O) groups is 2. The summed E-state index contributed by atoms with van der Waals surface area (Å²) >= 11 is 0. The number of amides is 2.